The number of nitrogens with two attached hydrogens (primary N) is 3. The van der Waals surface area contributed by atoms with Gasteiger partial charge in [-0.15, -0.1) is 12.4 Å². The second kappa shape index (κ2) is 4.33. The van der Waals surface area contributed by atoms with Crippen LogP contribution in [-0.4, -0.2) is 12.2 Å². The molecule has 0 aliphatic heterocycles. The molecule has 0 aliphatic rings. The first-order valence-corrected chi connectivity index (χ1v) is 1.91. The van der Waals surface area contributed by atoms with E-state index >= 15 is 0 Å². The van der Waals surface area contributed by atoms with Crippen LogP contribution in [0.15, 0.2) is 0 Å². The van der Waals surface area contributed by atoms with Gasteiger partial charge in [0.2, 0.25) is 0 Å². The van der Waals surface area contributed by atoms with Gasteiger partial charge in [-0.05, 0) is 6.92 Å². The van der Waals surface area contributed by atoms with Crippen LogP contribution in [0, 0.1) is 0 Å². The lowest BCUT2D eigenvalue weighted by atomic mass is 10.3. The maximum atomic E-state index is 5.19. The van der Waals surface area contributed by atoms with Crippen LogP contribution in [0.25, 0.3) is 0 Å². The van der Waals surface area contributed by atoms with Crippen molar-refractivity contribution in [2.45, 2.75) is 19.1 Å². The lowest BCUT2D eigenvalue weighted by Gasteiger charge is -2.06. The second-order valence-electron chi connectivity index (χ2n) is 1.44. The number of halogens is 1. The number of hydrogen-bond donors (Lipinski definition) is 3. The summed E-state index contributed by atoms with van der Waals surface area (Å²) in [6.45, 7) is 1.77. The van der Waals surface area contributed by atoms with E-state index in [0.717, 1.165) is 0 Å². The maximum Gasteiger partial charge on any atom is 0.0674 e. The molecule has 3 nitrogen and oxygen atoms in total. The third-order valence-corrected chi connectivity index (χ3v) is 0.607. The summed E-state index contributed by atoms with van der Waals surface area (Å²) in [4.78, 5) is 0. The fourth-order valence-electron chi connectivity index (χ4n) is 0. The summed E-state index contributed by atoms with van der Waals surface area (Å²) in [6, 6.07) is -0.0926. The molecule has 6 N–H and O–H groups in total. The van der Waals surface area contributed by atoms with Crippen LogP contribution in [0.3, 0.4) is 0 Å². The lowest BCUT2D eigenvalue weighted by Crippen LogP contribution is -2.45. The fraction of sp³-hybridized carbons (Fsp3) is 1.00. The first-order valence-electron chi connectivity index (χ1n) is 1.91. The van der Waals surface area contributed by atoms with E-state index in [1.54, 1.807) is 6.92 Å². The minimum atomic E-state index is -0.370. The molecule has 0 fully saturated rings. The van der Waals surface area contributed by atoms with Crippen LogP contribution in [0.5, 0.6) is 0 Å². The molecule has 0 spiro atoms. The van der Waals surface area contributed by atoms with Crippen molar-refractivity contribution in [2.75, 3.05) is 0 Å². The lowest BCUT2D eigenvalue weighted by molar-refractivity contribution is 0.580. The van der Waals surface area contributed by atoms with Gasteiger partial charge in [0.15, 0.2) is 0 Å². The molecule has 4 heteroatoms. The van der Waals surface area contributed by atoms with Crippen molar-refractivity contribution in [3.8, 4) is 0 Å². The Labute approximate surface area is 49.6 Å². The molecule has 0 bridgehead atoms. The normalized spacial score (nSPS) is 13.3. The van der Waals surface area contributed by atoms with Crippen LogP contribution >= 0.6 is 12.4 Å². The van der Waals surface area contributed by atoms with E-state index in [1.807, 2.05) is 0 Å². The number of rotatable bonds is 1. The highest BCUT2D eigenvalue weighted by Crippen LogP contribution is 1.69. The topological polar surface area (TPSA) is 78.1 Å². The van der Waals surface area contributed by atoms with E-state index in [-0.39, 0.29) is 24.6 Å². The Morgan fingerprint density at radius 1 is 1.14 bits per heavy atom. The zero-order valence-corrected chi connectivity index (χ0v) is 5.11. The Morgan fingerprint density at radius 2 is 1.29 bits per heavy atom. The van der Waals surface area contributed by atoms with Gasteiger partial charge in [-0.2, -0.15) is 0 Å². The summed E-state index contributed by atoms with van der Waals surface area (Å²) in [5, 5.41) is 0. The van der Waals surface area contributed by atoms with Crippen LogP contribution in [0.1, 0.15) is 6.92 Å². The van der Waals surface area contributed by atoms with Gasteiger partial charge in [-0.3, -0.25) is 0 Å². The maximum absolute atomic E-state index is 5.19. The monoisotopic (exact) mass is 125 g/mol. The third kappa shape index (κ3) is 6.17. The Bertz CT molecular complexity index is 31.2. The highest BCUT2D eigenvalue weighted by atomic mass is 35.5. The summed E-state index contributed by atoms with van der Waals surface area (Å²) >= 11 is 0. The van der Waals surface area contributed by atoms with E-state index in [4.69, 9.17) is 17.2 Å². The second-order valence-corrected chi connectivity index (χ2v) is 1.44. The summed E-state index contributed by atoms with van der Waals surface area (Å²) in [5.41, 5.74) is 15.4. The van der Waals surface area contributed by atoms with Gasteiger partial charge in [0.25, 0.3) is 0 Å². The Balaban J connectivity index is 0. The smallest absolute Gasteiger partial charge is 0.0674 e. The van der Waals surface area contributed by atoms with Gasteiger partial charge in [0, 0.05) is 6.04 Å². The molecule has 0 aromatic rings. The molecule has 0 heterocycles. The third-order valence-electron chi connectivity index (χ3n) is 0.607. The predicted molar refractivity (Wildman–Crippen MR) is 33.1 cm³/mol. The van der Waals surface area contributed by atoms with Crippen molar-refractivity contribution in [1.82, 2.24) is 0 Å². The van der Waals surface area contributed by atoms with Crippen molar-refractivity contribution < 1.29 is 0 Å². The highest BCUT2D eigenvalue weighted by molar-refractivity contribution is 5.85. The van der Waals surface area contributed by atoms with Crippen molar-refractivity contribution >= 4 is 12.4 Å². The van der Waals surface area contributed by atoms with Crippen molar-refractivity contribution in [3.05, 3.63) is 0 Å². The number of hydrogen-bond acceptors (Lipinski definition) is 3. The van der Waals surface area contributed by atoms with Gasteiger partial charge in [0.1, 0.15) is 0 Å². The molecule has 0 rings (SSSR count). The standard InChI is InChI=1S/C3H11N3.ClH/c1-2(4)3(5)6;/h2-3H,4-6H2,1H3;1H. The average Bonchev–Trinajstić information content (AvgIpc) is 1.36. The first-order chi connectivity index (χ1) is 2.64. The quantitative estimate of drug-likeness (QED) is 0.394. The zero-order valence-electron chi connectivity index (χ0n) is 4.29. The van der Waals surface area contributed by atoms with Crippen molar-refractivity contribution in [2.24, 2.45) is 17.2 Å². The molecule has 0 aromatic heterocycles. The molecule has 0 amide bonds. The molecular formula is C3H12ClN3. The van der Waals surface area contributed by atoms with Crippen molar-refractivity contribution in [3.63, 3.8) is 0 Å². The molecule has 7 heavy (non-hydrogen) atoms. The van der Waals surface area contributed by atoms with Gasteiger partial charge in [-0.25, -0.2) is 0 Å². The molecule has 0 radical (unpaired) electrons. The summed E-state index contributed by atoms with van der Waals surface area (Å²) < 4.78 is 0. The minimum Gasteiger partial charge on any atom is -0.325 e. The molecule has 1 unspecified atom stereocenters. The molecule has 0 aliphatic carbocycles. The van der Waals surface area contributed by atoms with E-state index in [9.17, 15) is 0 Å². The van der Waals surface area contributed by atoms with Crippen molar-refractivity contribution in [1.29, 1.82) is 0 Å². The van der Waals surface area contributed by atoms with E-state index in [0.29, 0.717) is 0 Å². The van der Waals surface area contributed by atoms with Crippen LogP contribution in [0.4, 0.5) is 0 Å². The molecular weight excluding hydrogens is 114 g/mol. The largest absolute Gasteiger partial charge is 0.325 e. The highest BCUT2D eigenvalue weighted by Gasteiger charge is 1.96. The average molecular weight is 126 g/mol. The van der Waals surface area contributed by atoms with E-state index < -0.39 is 0 Å². The minimum absolute atomic E-state index is 0. The van der Waals surface area contributed by atoms with Gasteiger partial charge < -0.3 is 17.2 Å². The molecule has 1 atom stereocenters. The van der Waals surface area contributed by atoms with Crippen LogP contribution in [-0.2, 0) is 0 Å². The summed E-state index contributed by atoms with van der Waals surface area (Å²) in [5.74, 6) is 0. The SMILES string of the molecule is CC(N)C(N)N.Cl. The van der Waals surface area contributed by atoms with Gasteiger partial charge in [0.05, 0.1) is 6.17 Å². The van der Waals surface area contributed by atoms with E-state index in [2.05, 4.69) is 0 Å². The molecule has 0 saturated carbocycles. The van der Waals surface area contributed by atoms with Gasteiger partial charge in [-0.1, -0.05) is 0 Å². The Morgan fingerprint density at radius 3 is 1.29 bits per heavy atom. The first kappa shape index (κ1) is 10.2. The molecule has 0 aromatic carbocycles. The Kier molecular flexibility index (Phi) is 6.32. The van der Waals surface area contributed by atoms with E-state index in [1.165, 1.54) is 0 Å². The van der Waals surface area contributed by atoms with Crippen LogP contribution in [0.2, 0.25) is 0 Å². The van der Waals surface area contributed by atoms with Crippen LogP contribution < -0.4 is 17.2 Å². The molecule has 46 valence electrons. The molecule has 0 saturated heterocycles. The zero-order chi connectivity index (χ0) is 5.15. The summed E-state index contributed by atoms with van der Waals surface area (Å²) in [6.07, 6.45) is -0.370. The van der Waals surface area contributed by atoms with Gasteiger partial charge >= 0.3 is 0 Å². The Hall–Kier alpha value is 0.170. The summed E-state index contributed by atoms with van der Waals surface area (Å²) in [7, 11) is 0. The fourth-order valence-corrected chi connectivity index (χ4v) is 0. The predicted octanol–water partition coefficient (Wildman–Crippen LogP) is -1.00.